The second-order valence-corrected chi connectivity index (χ2v) is 26.3. The number of thioether (sulfide) groups is 1. The van der Waals surface area contributed by atoms with Crippen molar-refractivity contribution < 1.29 is 47.0 Å². The fourth-order valence-electron chi connectivity index (χ4n) is 4.86. The summed E-state index contributed by atoms with van der Waals surface area (Å²) in [5, 5.41) is -0.659. The van der Waals surface area contributed by atoms with Crippen LogP contribution in [-0.4, -0.2) is 100 Å². The Labute approximate surface area is 305 Å². The number of halogens is 1. The molecule has 0 radical (unpaired) electrons. The molecule has 1 amide bonds. The van der Waals surface area contributed by atoms with Gasteiger partial charge in [-0.3, -0.25) is 19.2 Å². The van der Waals surface area contributed by atoms with Gasteiger partial charge in [0.05, 0.1) is 37.2 Å². The van der Waals surface area contributed by atoms with Crippen LogP contribution in [0.5, 0.6) is 0 Å². The lowest BCUT2D eigenvalue weighted by Crippen LogP contribution is -2.71. The van der Waals surface area contributed by atoms with E-state index in [2.05, 4.69) is 74.3 Å². The van der Waals surface area contributed by atoms with Crippen LogP contribution in [0.15, 0.2) is 12.7 Å². The molecule has 0 aliphatic carbocycles. The van der Waals surface area contributed by atoms with Gasteiger partial charge in [0, 0.05) is 12.4 Å². The minimum atomic E-state index is -2.38. The second-order valence-electron chi connectivity index (χ2n) is 15.3. The van der Waals surface area contributed by atoms with Crippen LogP contribution in [0.25, 0.3) is 0 Å². The van der Waals surface area contributed by atoms with Crippen LogP contribution in [-0.2, 0) is 47.0 Å². The SMILES string of the molecule is C=CCOC(=O)C(Cl)N1C(=O)[C@H]([C@@H](C)O[Si](C)(C)C(C)(C)C)[C@H]1[C@@H](CCO[Si](C)(C)C(C)(C)C)C(=O)SCC(C(=O)OCC)C(=O)OCC. The molecule has 0 aromatic rings. The molecule has 1 saturated heterocycles. The predicted molar refractivity (Wildman–Crippen MR) is 198 cm³/mol. The van der Waals surface area contributed by atoms with Crippen molar-refractivity contribution in [2.24, 2.45) is 17.8 Å². The Balaban J connectivity index is 3.67. The second kappa shape index (κ2) is 18.7. The highest BCUT2D eigenvalue weighted by Gasteiger charge is 2.59. The molecule has 1 rings (SSSR count). The van der Waals surface area contributed by atoms with Crippen molar-refractivity contribution in [2.75, 3.05) is 32.2 Å². The van der Waals surface area contributed by atoms with Crippen molar-refractivity contribution in [1.82, 2.24) is 4.90 Å². The zero-order valence-electron chi connectivity index (χ0n) is 31.8. The van der Waals surface area contributed by atoms with Crippen LogP contribution in [0, 0.1) is 17.8 Å². The summed E-state index contributed by atoms with van der Waals surface area (Å²) in [5.74, 6) is -6.14. The van der Waals surface area contributed by atoms with Crippen LogP contribution in [0.4, 0.5) is 0 Å². The fourth-order valence-corrected chi connectivity index (χ4v) is 8.71. The van der Waals surface area contributed by atoms with E-state index in [1.54, 1.807) is 13.8 Å². The fraction of sp³-hybridized carbons (Fsp3) is 0.794. The highest BCUT2D eigenvalue weighted by Crippen LogP contribution is 2.45. The Morgan fingerprint density at radius 1 is 0.918 bits per heavy atom. The number of hydrogen-bond donors (Lipinski definition) is 0. The lowest BCUT2D eigenvalue weighted by atomic mass is 9.75. The maximum Gasteiger partial charge on any atom is 0.344 e. The van der Waals surface area contributed by atoms with E-state index in [1.165, 1.54) is 11.0 Å². The summed E-state index contributed by atoms with van der Waals surface area (Å²) < 4.78 is 28.5. The number of esters is 3. The number of alkyl halides is 1. The number of rotatable bonds is 19. The molecule has 11 nitrogen and oxygen atoms in total. The molecule has 5 atom stereocenters. The van der Waals surface area contributed by atoms with Gasteiger partial charge in [-0.1, -0.05) is 77.6 Å². The molecule has 1 aliphatic heterocycles. The minimum Gasteiger partial charge on any atom is -0.465 e. The van der Waals surface area contributed by atoms with Gasteiger partial charge in [0.25, 0.3) is 0 Å². The number of β-lactam (4-membered cyclic amide) rings is 1. The predicted octanol–water partition coefficient (Wildman–Crippen LogP) is 6.55. The first kappa shape index (κ1) is 45.3. The van der Waals surface area contributed by atoms with Crippen LogP contribution < -0.4 is 0 Å². The van der Waals surface area contributed by atoms with Gasteiger partial charge in [-0.25, -0.2) is 4.79 Å². The Bertz CT molecular complexity index is 1170. The number of nitrogens with zero attached hydrogens (tertiary/aromatic N) is 1. The van der Waals surface area contributed by atoms with Gasteiger partial charge in [0.15, 0.2) is 27.7 Å². The van der Waals surface area contributed by atoms with E-state index < -0.39 is 81.0 Å². The Morgan fingerprint density at radius 3 is 1.88 bits per heavy atom. The summed E-state index contributed by atoms with van der Waals surface area (Å²) in [4.78, 5) is 67.8. The zero-order valence-corrected chi connectivity index (χ0v) is 35.4. The summed E-state index contributed by atoms with van der Waals surface area (Å²) in [6.07, 6.45) is 0.959. The van der Waals surface area contributed by atoms with Gasteiger partial charge >= 0.3 is 17.9 Å². The highest BCUT2D eigenvalue weighted by atomic mass is 35.5. The highest BCUT2D eigenvalue weighted by molar-refractivity contribution is 8.13. The molecule has 282 valence electrons. The van der Waals surface area contributed by atoms with Gasteiger partial charge in [-0.15, -0.1) is 0 Å². The average molecular weight is 767 g/mol. The molecule has 15 heteroatoms. The van der Waals surface area contributed by atoms with E-state index in [0.717, 1.165) is 11.8 Å². The topological polar surface area (TPSA) is 135 Å². The minimum absolute atomic E-state index is 0.0484. The van der Waals surface area contributed by atoms with Gasteiger partial charge in [-0.05, 0) is 63.5 Å². The summed E-state index contributed by atoms with van der Waals surface area (Å²) >= 11 is 7.41. The first-order chi connectivity index (χ1) is 22.4. The zero-order chi connectivity index (χ0) is 38.1. The molecule has 0 aromatic heterocycles. The Morgan fingerprint density at radius 2 is 1.43 bits per heavy atom. The third-order valence-electron chi connectivity index (χ3n) is 9.75. The van der Waals surface area contributed by atoms with Crippen molar-refractivity contribution >= 4 is 68.9 Å². The van der Waals surface area contributed by atoms with Crippen LogP contribution >= 0.6 is 23.4 Å². The molecule has 0 spiro atoms. The number of amides is 1. The molecule has 0 aromatic carbocycles. The molecule has 0 N–H and O–H groups in total. The van der Waals surface area contributed by atoms with Gasteiger partial charge in [-0.2, -0.15) is 0 Å². The summed E-state index contributed by atoms with van der Waals surface area (Å²) in [5.41, 5.74) is -1.51. The van der Waals surface area contributed by atoms with Gasteiger partial charge < -0.3 is 28.0 Å². The lowest BCUT2D eigenvalue weighted by molar-refractivity contribution is -0.177. The molecule has 1 aliphatic rings. The maximum absolute atomic E-state index is 14.3. The van der Waals surface area contributed by atoms with Gasteiger partial charge in [0.2, 0.25) is 11.4 Å². The first-order valence-corrected chi connectivity index (χ1v) is 24.2. The van der Waals surface area contributed by atoms with Gasteiger partial charge in [0.1, 0.15) is 6.61 Å². The third kappa shape index (κ3) is 11.9. The molecular weight excluding hydrogens is 706 g/mol. The van der Waals surface area contributed by atoms with E-state index in [1.807, 2.05) is 6.92 Å². The number of hydrogen-bond acceptors (Lipinski definition) is 11. The molecule has 0 bridgehead atoms. The van der Waals surface area contributed by atoms with Crippen LogP contribution in [0.2, 0.25) is 36.3 Å². The summed E-state index contributed by atoms with van der Waals surface area (Å²) in [6.45, 7) is 29.7. The third-order valence-corrected chi connectivity index (χ3v) is 20.3. The normalized spacial score (nSPS) is 19.1. The molecule has 1 fully saturated rings. The number of carbonyl (C=O) groups is 5. The molecular formula is C34H60ClNO10SSi2. The van der Waals surface area contributed by atoms with Crippen molar-refractivity contribution in [3.05, 3.63) is 12.7 Å². The molecule has 0 saturated carbocycles. The Kier molecular flexibility index (Phi) is 17.3. The van der Waals surface area contributed by atoms with Crippen molar-refractivity contribution in [3.8, 4) is 0 Å². The summed E-state index contributed by atoms with van der Waals surface area (Å²) in [6, 6.07) is -0.863. The quantitative estimate of drug-likeness (QED) is 0.0207. The monoisotopic (exact) mass is 765 g/mol. The number of ether oxygens (including phenoxy) is 3. The van der Waals surface area contributed by atoms with E-state index in [9.17, 15) is 24.0 Å². The molecule has 1 heterocycles. The molecule has 1 unspecified atom stereocenters. The van der Waals surface area contributed by atoms with Crippen molar-refractivity contribution in [1.29, 1.82) is 0 Å². The largest absolute Gasteiger partial charge is 0.465 e. The lowest BCUT2D eigenvalue weighted by Gasteiger charge is -2.54. The van der Waals surface area contributed by atoms with Crippen LogP contribution in [0.3, 0.4) is 0 Å². The average Bonchev–Trinajstić information content (AvgIpc) is 2.95. The standard InChI is InChI=1S/C34H60ClNO10SSi2/c1-15-19-44-31(40)27(35)36-26(25(28(36)37)22(4)46-49(13,14)34(8,9)10)23(18-20-45-48(11,12)33(5,6)7)32(41)47-21-24(29(38)42-16-2)30(39)43-17-3/h15,22-27H,1,16-21H2,2-14H3/t22-,23-,25-,26-,27?/m1/s1. The van der Waals surface area contributed by atoms with Crippen molar-refractivity contribution in [3.63, 3.8) is 0 Å². The van der Waals surface area contributed by atoms with E-state index >= 15 is 0 Å². The number of carbonyl (C=O) groups excluding carboxylic acids is 5. The number of likely N-dealkylation sites (tertiary alicyclic amines) is 1. The van der Waals surface area contributed by atoms with Crippen LogP contribution in [0.1, 0.15) is 68.7 Å². The first-order valence-electron chi connectivity index (χ1n) is 17.0. The molecule has 49 heavy (non-hydrogen) atoms. The smallest absolute Gasteiger partial charge is 0.344 e. The van der Waals surface area contributed by atoms with Crippen molar-refractivity contribution in [2.45, 2.75) is 123 Å². The Hall–Kier alpha value is -1.72. The van der Waals surface area contributed by atoms with E-state index in [-0.39, 0.29) is 48.7 Å². The summed E-state index contributed by atoms with van der Waals surface area (Å²) in [7, 11) is -4.63. The van der Waals surface area contributed by atoms with E-state index in [0.29, 0.717) is 0 Å². The van der Waals surface area contributed by atoms with E-state index in [4.69, 9.17) is 34.7 Å². The maximum atomic E-state index is 14.3.